The summed E-state index contributed by atoms with van der Waals surface area (Å²) in [6.07, 6.45) is 0. The molecule has 0 aromatic heterocycles. The molecule has 0 radical (unpaired) electrons. The van der Waals surface area contributed by atoms with Crippen LogP contribution in [0.2, 0.25) is 0 Å². The highest BCUT2D eigenvalue weighted by Crippen LogP contribution is 2.60. The third-order valence-corrected chi connectivity index (χ3v) is 7.87. The van der Waals surface area contributed by atoms with Crippen molar-refractivity contribution in [1.29, 1.82) is 0 Å². The van der Waals surface area contributed by atoms with Crippen LogP contribution >= 0.6 is 0 Å². The van der Waals surface area contributed by atoms with Crippen LogP contribution < -0.4 is 5.32 Å². The Kier molecular flexibility index (Phi) is 6.42. The highest BCUT2D eigenvalue weighted by Gasteiger charge is 2.61. The van der Waals surface area contributed by atoms with Gasteiger partial charge in [-0.25, -0.2) is 4.79 Å². The van der Waals surface area contributed by atoms with Crippen molar-refractivity contribution in [3.05, 3.63) is 101 Å². The number of benzene rings is 3. The monoisotopic (exact) mass is 538 g/mol. The van der Waals surface area contributed by atoms with E-state index in [-0.39, 0.29) is 18.4 Å². The second-order valence-corrected chi connectivity index (χ2v) is 10.0. The molecule has 0 saturated carbocycles. The van der Waals surface area contributed by atoms with Crippen LogP contribution in [0.3, 0.4) is 0 Å². The lowest BCUT2D eigenvalue weighted by Gasteiger charge is -2.45. The first kappa shape index (κ1) is 25.5. The fraction of sp³-hybridized carbons (Fsp3) is 0.258. The summed E-state index contributed by atoms with van der Waals surface area (Å²) in [6.45, 7) is 0.807. The molecule has 1 heterocycles. The van der Waals surface area contributed by atoms with Crippen LogP contribution in [0.25, 0.3) is 0 Å². The summed E-state index contributed by atoms with van der Waals surface area (Å²) < 4.78 is 10.0. The number of amides is 3. The van der Waals surface area contributed by atoms with Gasteiger partial charge in [0, 0.05) is 17.5 Å². The molecule has 1 saturated heterocycles. The Labute approximate surface area is 230 Å². The van der Waals surface area contributed by atoms with Gasteiger partial charge < -0.3 is 14.8 Å². The van der Waals surface area contributed by atoms with E-state index in [1.807, 2.05) is 48.5 Å². The molecule has 1 fully saturated rings. The zero-order valence-corrected chi connectivity index (χ0v) is 21.7. The number of carbonyl (C=O) groups is 5. The van der Waals surface area contributed by atoms with Gasteiger partial charge in [-0.2, -0.15) is 0 Å². The summed E-state index contributed by atoms with van der Waals surface area (Å²) in [5.41, 5.74) is 4.93. The molecule has 3 aromatic rings. The van der Waals surface area contributed by atoms with Crippen molar-refractivity contribution in [3.63, 3.8) is 0 Å². The number of carbonyl (C=O) groups excluding carboxylic acids is 5. The Morgan fingerprint density at radius 2 is 1.25 bits per heavy atom. The SMILES string of the molecule is CCOC(=O)c1ccc(NC(=O)COC(=O)CN2C(=O)[C@@H]3C4c5ccccc5C(c5ccccc54)[C@H]3C2=O)cc1. The van der Waals surface area contributed by atoms with Crippen molar-refractivity contribution in [2.75, 3.05) is 25.1 Å². The predicted molar refractivity (Wildman–Crippen MR) is 142 cm³/mol. The molecule has 0 spiro atoms. The standard InChI is InChI=1S/C31H26N2O7/c1-2-39-31(38)17-11-13-18(14-12-17)32-23(34)16-40-24(35)15-33-29(36)27-25-19-7-3-4-8-20(19)26(28(27)30(33)37)22-10-6-5-9-21(22)25/h3-14,25-28H,2,15-16H2,1H3,(H,32,34)/t25?,26?,27-,28-/m1/s1. The second kappa shape index (κ2) is 10.1. The largest absolute Gasteiger partial charge is 0.462 e. The third kappa shape index (κ3) is 4.14. The van der Waals surface area contributed by atoms with E-state index >= 15 is 0 Å². The lowest BCUT2D eigenvalue weighted by atomic mass is 9.55. The van der Waals surface area contributed by atoms with Gasteiger partial charge in [0.1, 0.15) is 6.54 Å². The maximum Gasteiger partial charge on any atom is 0.338 e. The van der Waals surface area contributed by atoms with E-state index in [9.17, 15) is 24.0 Å². The first-order chi connectivity index (χ1) is 19.4. The van der Waals surface area contributed by atoms with E-state index < -0.39 is 54.6 Å². The molecule has 7 rings (SSSR count). The van der Waals surface area contributed by atoms with Crippen molar-refractivity contribution in [3.8, 4) is 0 Å². The Hall–Kier alpha value is -4.79. The van der Waals surface area contributed by atoms with Crippen molar-refractivity contribution in [2.24, 2.45) is 11.8 Å². The number of hydrogen-bond acceptors (Lipinski definition) is 7. The average Bonchev–Trinajstić information content (AvgIpc) is 3.22. The fourth-order valence-corrected chi connectivity index (χ4v) is 6.32. The minimum atomic E-state index is -0.851. The van der Waals surface area contributed by atoms with Crippen molar-refractivity contribution < 1.29 is 33.4 Å². The minimum absolute atomic E-state index is 0.251. The van der Waals surface area contributed by atoms with Gasteiger partial charge in [0.25, 0.3) is 5.91 Å². The maximum atomic E-state index is 13.6. The van der Waals surface area contributed by atoms with E-state index in [1.54, 1.807) is 6.92 Å². The molecule has 3 aromatic carbocycles. The number of nitrogens with zero attached hydrogens (tertiary/aromatic N) is 1. The summed E-state index contributed by atoms with van der Waals surface area (Å²) >= 11 is 0. The Balaban J connectivity index is 1.11. The topological polar surface area (TPSA) is 119 Å². The van der Waals surface area contributed by atoms with Gasteiger partial charge in [0.15, 0.2) is 6.61 Å². The summed E-state index contributed by atoms with van der Waals surface area (Å²) in [6, 6.07) is 21.9. The van der Waals surface area contributed by atoms with Gasteiger partial charge in [0.05, 0.1) is 24.0 Å². The molecule has 4 aliphatic rings. The first-order valence-electron chi connectivity index (χ1n) is 13.1. The van der Waals surface area contributed by atoms with Crippen molar-refractivity contribution in [1.82, 2.24) is 4.90 Å². The van der Waals surface area contributed by atoms with Crippen molar-refractivity contribution >= 4 is 35.3 Å². The number of esters is 2. The molecule has 202 valence electrons. The molecular formula is C31H26N2O7. The van der Waals surface area contributed by atoms with Gasteiger partial charge >= 0.3 is 11.9 Å². The lowest BCUT2D eigenvalue weighted by Crippen LogP contribution is -2.41. The van der Waals surface area contributed by atoms with Crippen LogP contribution in [0.4, 0.5) is 5.69 Å². The number of imide groups is 1. The molecule has 1 aliphatic heterocycles. The number of hydrogen-bond donors (Lipinski definition) is 1. The molecule has 1 N–H and O–H groups in total. The van der Waals surface area contributed by atoms with Gasteiger partial charge in [-0.3, -0.25) is 24.1 Å². The van der Waals surface area contributed by atoms with E-state index in [1.165, 1.54) is 24.3 Å². The number of nitrogens with one attached hydrogen (secondary N) is 1. The second-order valence-electron chi connectivity index (χ2n) is 10.0. The number of likely N-dealkylation sites (tertiary alicyclic amines) is 1. The van der Waals surface area contributed by atoms with Gasteiger partial charge in [0.2, 0.25) is 11.8 Å². The third-order valence-electron chi connectivity index (χ3n) is 7.87. The zero-order chi connectivity index (χ0) is 28.0. The lowest BCUT2D eigenvalue weighted by molar-refractivity contribution is -0.154. The molecule has 2 atom stereocenters. The van der Waals surface area contributed by atoms with Crippen LogP contribution in [0.15, 0.2) is 72.8 Å². The quantitative estimate of drug-likeness (QED) is 0.362. The van der Waals surface area contributed by atoms with Crippen LogP contribution in [0, 0.1) is 11.8 Å². The zero-order valence-electron chi connectivity index (χ0n) is 21.7. The number of anilines is 1. The molecule has 9 heteroatoms. The highest BCUT2D eigenvalue weighted by atomic mass is 16.5. The molecule has 40 heavy (non-hydrogen) atoms. The molecular weight excluding hydrogens is 512 g/mol. The van der Waals surface area contributed by atoms with Crippen LogP contribution in [0.1, 0.15) is 51.4 Å². The molecule has 3 aliphatic carbocycles. The smallest absolute Gasteiger partial charge is 0.338 e. The number of rotatable bonds is 7. The van der Waals surface area contributed by atoms with E-state index in [2.05, 4.69) is 5.32 Å². The summed E-state index contributed by atoms with van der Waals surface area (Å²) in [4.78, 5) is 64.9. The first-order valence-corrected chi connectivity index (χ1v) is 13.1. The summed E-state index contributed by atoms with van der Waals surface area (Å²) in [7, 11) is 0. The van der Waals surface area contributed by atoms with Gasteiger partial charge in [-0.15, -0.1) is 0 Å². The van der Waals surface area contributed by atoms with E-state index in [0.717, 1.165) is 27.2 Å². The minimum Gasteiger partial charge on any atom is -0.462 e. The normalized spacial score (nSPS) is 21.8. The Morgan fingerprint density at radius 3 is 1.73 bits per heavy atom. The predicted octanol–water partition coefficient (Wildman–Crippen LogP) is 3.24. The molecule has 3 amide bonds. The van der Waals surface area contributed by atoms with Gasteiger partial charge in [-0.05, 0) is 53.4 Å². The van der Waals surface area contributed by atoms with E-state index in [0.29, 0.717) is 11.3 Å². The van der Waals surface area contributed by atoms with E-state index in [4.69, 9.17) is 9.47 Å². The Bertz CT molecular complexity index is 1430. The molecule has 9 nitrogen and oxygen atoms in total. The Morgan fingerprint density at radius 1 is 0.750 bits per heavy atom. The molecule has 0 unspecified atom stereocenters. The maximum absolute atomic E-state index is 13.6. The van der Waals surface area contributed by atoms with Gasteiger partial charge in [-0.1, -0.05) is 48.5 Å². The fourth-order valence-electron chi connectivity index (χ4n) is 6.32. The summed E-state index contributed by atoms with van der Waals surface area (Å²) in [5, 5.41) is 2.57. The average molecular weight is 539 g/mol. The van der Waals surface area contributed by atoms with Crippen LogP contribution in [0.5, 0.6) is 0 Å². The van der Waals surface area contributed by atoms with Crippen molar-refractivity contribution in [2.45, 2.75) is 18.8 Å². The van der Waals surface area contributed by atoms with Crippen LogP contribution in [-0.4, -0.2) is 54.3 Å². The molecule has 2 bridgehead atoms. The van der Waals surface area contributed by atoms with Crippen LogP contribution in [-0.2, 0) is 28.7 Å². The summed E-state index contributed by atoms with van der Waals surface area (Å²) in [5.74, 6) is -4.41. The highest BCUT2D eigenvalue weighted by molar-refractivity contribution is 6.09. The number of ether oxygens (including phenoxy) is 2.